The number of hydrogen-bond acceptors (Lipinski definition) is 4. The zero-order chi connectivity index (χ0) is 12.9. The van der Waals surface area contributed by atoms with E-state index in [1.807, 2.05) is 0 Å². The standard InChI is InChI=1S/C10H15FN2O3S/c11-17(15,16)7-4-9(8-12)10(14)13-5-2-1-3-6-13/h9H,1-7H2. The molecule has 7 heteroatoms. The van der Waals surface area contributed by atoms with E-state index in [4.69, 9.17) is 5.26 Å². The lowest BCUT2D eigenvalue weighted by atomic mass is 10.0. The maximum atomic E-state index is 12.3. The molecule has 1 aliphatic heterocycles. The van der Waals surface area contributed by atoms with Gasteiger partial charge in [-0.3, -0.25) is 4.79 Å². The highest BCUT2D eigenvalue weighted by Gasteiger charge is 2.26. The predicted octanol–water partition coefficient (Wildman–Crippen LogP) is 0.828. The van der Waals surface area contributed by atoms with Crippen LogP contribution in [0.5, 0.6) is 0 Å². The monoisotopic (exact) mass is 262 g/mol. The van der Waals surface area contributed by atoms with E-state index in [0.29, 0.717) is 13.1 Å². The molecule has 1 heterocycles. The molecular weight excluding hydrogens is 247 g/mol. The van der Waals surface area contributed by atoms with Crippen LogP contribution < -0.4 is 0 Å². The third kappa shape index (κ3) is 4.69. The minimum absolute atomic E-state index is 0.273. The smallest absolute Gasteiger partial charge is 0.302 e. The van der Waals surface area contributed by atoms with E-state index < -0.39 is 21.9 Å². The van der Waals surface area contributed by atoms with Gasteiger partial charge in [-0.2, -0.15) is 13.7 Å². The molecule has 96 valence electrons. The number of hydrogen-bond donors (Lipinski definition) is 0. The molecule has 0 aromatic rings. The van der Waals surface area contributed by atoms with Gasteiger partial charge in [-0.1, -0.05) is 0 Å². The van der Waals surface area contributed by atoms with Crippen molar-refractivity contribution in [3.8, 4) is 6.07 Å². The van der Waals surface area contributed by atoms with Gasteiger partial charge in [-0.05, 0) is 25.7 Å². The number of carbonyl (C=O) groups is 1. The first-order valence-electron chi connectivity index (χ1n) is 5.55. The fourth-order valence-corrected chi connectivity index (χ4v) is 2.35. The normalized spacial score (nSPS) is 18.5. The zero-order valence-corrected chi connectivity index (χ0v) is 10.2. The van der Waals surface area contributed by atoms with Crippen molar-refractivity contribution in [1.29, 1.82) is 5.26 Å². The molecule has 1 amide bonds. The molecule has 1 rings (SSSR count). The topological polar surface area (TPSA) is 78.2 Å². The number of piperidine rings is 1. The van der Waals surface area contributed by atoms with Gasteiger partial charge in [0.2, 0.25) is 5.91 Å². The Labute approximate surface area is 100 Å². The van der Waals surface area contributed by atoms with Gasteiger partial charge in [-0.25, -0.2) is 0 Å². The van der Waals surface area contributed by atoms with Gasteiger partial charge in [0.15, 0.2) is 0 Å². The Balaban J connectivity index is 2.55. The lowest BCUT2D eigenvalue weighted by Crippen LogP contribution is -2.39. The van der Waals surface area contributed by atoms with Crippen molar-refractivity contribution in [2.24, 2.45) is 5.92 Å². The fraction of sp³-hybridized carbons (Fsp3) is 0.800. The third-order valence-electron chi connectivity index (χ3n) is 2.77. The maximum Gasteiger partial charge on any atom is 0.302 e. The van der Waals surface area contributed by atoms with Crippen molar-refractivity contribution in [1.82, 2.24) is 4.90 Å². The molecule has 1 unspecified atom stereocenters. The Morgan fingerprint density at radius 3 is 2.41 bits per heavy atom. The Kier molecular flexibility index (Phi) is 4.87. The van der Waals surface area contributed by atoms with Crippen LogP contribution >= 0.6 is 0 Å². The maximum absolute atomic E-state index is 12.3. The summed E-state index contributed by atoms with van der Waals surface area (Å²) in [5.74, 6) is -2.21. The summed E-state index contributed by atoms with van der Waals surface area (Å²) in [6.07, 6.45) is 2.57. The average molecular weight is 262 g/mol. The van der Waals surface area contributed by atoms with Crippen LogP contribution in [0, 0.1) is 17.2 Å². The summed E-state index contributed by atoms with van der Waals surface area (Å²) in [5, 5.41) is 8.81. The van der Waals surface area contributed by atoms with Crippen molar-refractivity contribution in [2.45, 2.75) is 25.7 Å². The summed E-state index contributed by atoms with van der Waals surface area (Å²) in [6, 6.07) is 1.75. The molecule has 1 fully saturated rings. The number of carbonyl (C=O) groups excluding carboxylic acids is 1. The quantitative estimate of drug-likeness (QED) is 0.703. The van der Waals surface area contributed by atoms with Crippen LogP contribution in [0.2, 0.25) is 0 Å². The molecular formula is C10H15FN2O3S. The molecule has 0 bridgehead atoms. The molecule has 1 aliphatic rings. The molecule has 0 radical (unpaired) electrons. The van der Waals surface area contributed by atoms with E-state index in [1.165, 1.54) is 0 Å². The first kappa shape index (κ1) is 13.9. The minimum atomic E-state index is -4.62. The second-order valence-corrected chi connectivity index (χ2v) is 5.59. The number of amides is 1. The summed E-state index contributed by atoms with van der Waals surface area (Å²) in [6.45, 7) is 1.19. The summed E-state index contributed by atoms with van der Waals surface area (Å²) in [4.78, 5) is 13.4. The predicted molar refractivity (Wildman–Crippen MR) is 59.0 cm³/mol. The van der Waals surface area contributed by atoms with Crippen molar-refractivity contribution >= 4 is 16.1 Å². The van der Waals surface area contributed by atoms with E-state index in [2.05, 4.69) is 0 Å². The lowest BCUT2D eigenvalue weighted by molar-refractivity contribution is -0.134. The van der Waals surface area contributed by atoms with Gasteiger partial charge >= 0.3 is 10.2 Å². The number of halogens is 1. The average Bonchev–Trinajstić information content (AvgIpc) is 2.29. The highest BCUT2D eigenvalue weighted by molar-refractivity contribution is 7.86. The summed E-state index contributed by atoms with van der Waals surface area (Å²) < 4.78 is 33.0. The number of nitrogens with zero attached hydrogens (tertiary/aromatic N) is 2. The molecule has 0 aromatic carbocycles. The molecule has 1 atom stereocenters. The summed E-state index contributed by atoms with van der Waals surface area (Å²) in [7, 11) is -4.62. The van der Waals surface area contributed by atoms with Crippen LogP contribution in [-0.4, -0.2) is 38.1 Å². The van der Waals surface area contributed by atoms with E-state index in [0.717, 1.165) is 19.3 Å². The summed E-state index contributed by atoms with van der Waals surface area (Å²) >= 11 is 0. The van der Waals surface area contributed by atoms with Gasteiger partial charge in [0.25, 0.3) is 0 Å². The first-order valence-corrected chi connectivity index (χ1v) is 7.10. The minimum Gasteiger partial charge on any atom is -0.342 e. The highest BCUT2D eigenvalue weighted by Crippen LogP contribution is 2.15. The molecule has 17 heavy (non-hydrogen) atoms. The number of nitriles is 1. The van der Waals surface area contributed by atoms with Crippen LogP contribution in [0.15, 0.2) is 0 Å². The Morgan fingerprint density at radius 2 is 1.94 bits per heavy atom. The SMILES string of the molecule is N#CC(CCS(=O)(=O)F)C(=O)N1CCCCC1. The first-order chi connectivity index (χ1) is 7.94. The highest BCUT2D eigenvalue weighted by atomic mass is 32.3. The van der Waals surface area contributed by atoms with Gasteiger partial charge in [0.1, 0.15) is 5.92 Å². The fourth-order valence-electron chi connectivity index (χ4n) is 1.84. The van der Waals surface area contributed by atoms with Gasteiger partial charge in [-0.15, -0.1) is 3.89 Å². The van der Waals surface area contributed by atoms with Gasteiger partial charge in [0.05, 0.1) is 11.8 Å². The molecule has 0 spiro atoms. The second kappa shape index (κ2) is 5.96. The zero-order valence-electron chi connectivity index (χ0n) is 9.43. The lowest BCUT2D eigenvalue weighted by Gasteiger charge is -2.28. The Morgan fingerprint density at radius 1 is 1.35 bits per heavy atom. The Hall–Kier alpha value is -1.16. The van der Waals surface area contributed by atoms with Gasteiger partial charge < -0.3 is 4.90 Å². The van der Waals surface area contributed by atoms with Crippen molar-refractivity contribution in [2.75, 3.05) is 18.8 Å². The van der Waals surface area contributed by atoms with Crippen LogP contribution in [0.25, 0.3) is 0 Å². The number of likely N-dealkylation sites (tertiary alicyclic amines) is 1. The van der Waals surface area contributed by atoms with Gasteiger partial charge in [0, 0.05) is 13.1 Å². The second-order valence-electron chi connectivity index (χ2n) is 4.10. The third-order valence-corrected chi connectivity index (χ3v) is 3.50. The van der Waals surface area contributed by atoms with Crippen LogP contribution in [0.3, 0.4) is 0 Å². The van der Waals surface area contributed by atoms with E-state index >= 15 is 0 Å². The molecule has 5 nitrogen and oxygen atoms in total. The molecule has 0 aliphatic carbocycles. The summed E-state index contributed by atoms with van der Waals surface area (Å²) in [5.41, 5.74) is 0. The Bertz CT molecular complexity index is 410. The van der Waals surface area contributed by atoms with E-state index in [-0.39, 0.29) is 12.3 Å². The molecule has 0 aromatic heterocycles. The largest absolute Gasteiger partial charge is 0.342 e. The van der Waals surface area contributed by atoms with E-state index in [1.54, 1.807) is 11.0 Å². The molecule has 1 saturated heterocycles. The van der Waals surface area contributed by atoms with Crippen LogP contribution in [0.1, 0.15) is 25.7 Å². The molecule has 0 N–H and O–H groups in total. The van der Waals surface area contributed by atoms with Crippen LogP contribution in [0.4, 0.5) is 3.89 Å². The molecule has 0 saturated carbocycles. The number of rotatable bonds is 4. The van der Waals surface area contributed by atoms with Crippen molar-refractivity contribution in [3.05, 3.63) is 0 Å². The van der Waals surface area contributed by atoms with Crippen molar-refractivity contribution < 1.29 is 17.1 Å². The van der Waals surface area contributed by atoms with E-state index in [9.17, 15) is 17.1 Å². The van der Waals surface area contributed by atoms with Crippen LogP contribution in [-0.2, 0) is 15.0 Å². The van der Waals surface area contributed by atoms with Crippen molar-refractivity contribution in [3.63, 3.8) is 0 Å².